The Morgan fingerprint density at radius 3 is 1.94 bits per heavy atom. The number of fused-ring (bicyclic) bond motifs is 6. The van der Waals surface area contributed by atoms with Crippen molar-refractivity contribution in [3.63, 3.8) is 0 Å². The average molecular weight is 1010 g/mol. The van der Waals surface area contributed by atoms with Gasteiger partial charge in [0, 0.05) is 57.7 Å². The third-order valence-corrected chi connectivity index (χ3v) is 11.9. The van der Waals surface area contributed by atoms with Crippen LogP contribution in [0.4, 0.5) is 0 Å². The van der Waals surface area contributed by atoms with E-state index in [9.17, 15) is 0 Å². The van der Waals surface area contributed by atoms with Crippen LogP contribution < -0.4 is 0 Å². The second-order valence-electron chi connectivity index (χ2n) is 19.6. The summed E-state index contributed by atoms with van der Waals surface area (Å²) in [5.41, 5.74) is 14.5. The van der Waals surface area contributed by atoms with Crippen LogP contribution in [0.5, 0.6) is 0 Å². The summed E-state index contributed by atoms with van der Waals surface area (Å²) in [6.07, 6.45) is 3.49. The molecular weight excluding hydrogens is 951 g/mol. The Balaban J connectivity index is 0.000000322. The first-order chi connectivity index (χ1) is 30.6. The maximum Gasteiger partial charge on any atom is 0.136 e. The fraction of sp³-hybridized carbons (Fsp3) is 0.316. The fourth-order valence-corrected chi connectivity index (χ4v) is 8.18. The van der Waals surface area contributed by atoms with E-state index in [0.717, 1.165) is 38.9 Å². The van der Waals surface area contributed by atoms with Crippen molar-refractivity contribution < 1.29 is 33.1 Å². The van der Waals surface area contributed by atoms with Gasteiger partial charge in [-0.15, -0.1) is 53.6 Å². The Hall–Kier alpha value is -5.42. The Kier molecular flexibility index (Phi) is 11.6. The molecule has 0 N–H and O–H groups in total. The van der Waals surface area contributed by atoms with Gasteiger partial charge in [-0.3, -0.25) is 4.98 Å². The monoisotopic (exact) mass is 1010 g/mol. The molecule has 0 saturated carbocycles. The topological polar surface area (TPSA) is 65.0 Å². The maximum absolute atomic E-state index is 8.37. The molecule has 5 aromatic carbocycles. The quantitative estimate of drug-likeness (QED) is 0.155. The maximum atomic E-state index is 8.37. The van der Waals surface area contributed by atoms with Gasteiger partial charge < -0.3 is 13.8 Å². The molecule has 0 bridgehead atoms. The number of aryl methyl sites for hydroxylation is 1. The van der Waals surface area contributed by atoms with E-state index in [0.29, 0.717) is 56.5 Å². The van der Waals surface area contributed by atoms with Gasteiger partial charge in [0.05, 0.1) is 5.58 Å². The number of nitrogens with zero attached hydrogens (tertiary/aromatic N) is 3. The Labute approximate surface area is 391 Å². The van der Waals surface area contributed by atoms with Crippen molar-refractivity contribution in [3.05, 3.63) is 149 Å². The van der Waals surface area contributed by atoms with Crippen LogP contribution in [0, 0.1) is 19.0 Å². The van der Waals surface area contributed by atoms with E-state index >= 15 is 0 Å². The molecule has 0 aliphatic rings. The second-order valence-corrected chi connectivity index (χ2v) is 19.6. The van der Waals surface area contributed by atoms with Gasteiger partial charge in [-0.1, -0.05) is 137 Å². The summed E-state index contributed by atoms with van der Waals surface area (Å²) in [6.45, 7) is 24.1. The van der Waals surface area contributed by atoms with E-state index in [1.165, 1.54) is 27.8 Å². The first-order valence-corrected chi connectivity index (χ1v) is 21.8. The van der Waals surface area contributed by atoms with Crippen LogP contribution in [0.25, 0.3) is 77.5 Å². The van der Waals surface area contributed by atoms with Crippen LogP contribution in [0.3, 0.4) is 0 Å². The molecule has 0 fully saturated rings. The average Bonchev–Trinajstić information content (AvgIpc) is 3.81. The Morgan fingerprint density at radius 1 is 0.635 bits per heavy atom. The smallest absolute Gasteiger partial charge is 0.136 e. The molecule has 9 rings (SSSR count). The van der Waals surface area contributed by atoms with E-state index in [1.807, 2.05) is 48.7 Å². The van der Waals surface area contributed by atoms with Crippen LogP contribution in [0.15, 0.2) is 112 Å². The molecule has 0 spiro atoms. The zero-order chi connectivity index (χ0) is 46.7. The molecule has 0 amide bonds. The van der Waals surface area contributed by atoms with E-state index in [-0.39, 0.29) is 36.5 Å². The molecule has 6 heteroatoms. The first-order valence-electron chi connectivity index (χ1n) is 23.3. The molecule has 1 radical (unpaired) electrons. The SMILES string of the molecule is CC(C)(C)c1ccc(-c2[c-]cccc2)nc1.[2H]C([2H])([2H])c1c[c-]c(-c2cc(C(C)(C)C)ncn2)c2oc3cc4c(cc3c12)oc1ccc(-c2c(C(C)C)cc(C(C)C)cc2C(C)C)cc14.[Ir]. The van der Waals surface area contributed by atoms with Crippen molar-refractivity contribution in [3.8, 4) is 33.6 Å². The summed E-state index contributed by atoms with van der Waals surface area (Å²) in [7, 11) is 0. The molecule has 325 valence electrons. The number of benzene rings is 5. The predicted molar refractivity (Wildman–Crippen MR) is 259 cm³/mol. The van der Waals surface area contributed by atoms with Crippen molar-refractivity contribution in [1.82, 2.24) is 15.0 Å². The minimum absolute atomic E-state index is 0. The van der Waals surface area contributed by atoms with Crippen LogP contribution in [-0.4, -0.2) is 15.0 Å². The molecule has 63 heavy (non-hydrogen) atoms. The number of rotatable bonds is 6. The number of furan rings is 2. The third kappa shape index (κ3) is 9.04. The number of pyridine rings is 1. The van der Waals surface area contributed by atoms with E-state index in [1.54, 1.807) is 12.4 Å². The van der Waals surface area contributed by atoms with Crippen LogP contribution >= 0.6 is 0 Å². The zero-order valence-corrected chi connectivity index (χ0v) is 40.9. The van der Waals surface area contributed by atoms with E-state index in [2.05, 4.69) is 153 Å². The molecule has 4 aromatic heterocycles. The molecule has 5 nitrogen and oxygen atoms in total. The van der Waals surface area contributed by atoms with Crippen LogP contribution in [-0.2, 0) is 30.9 Å². The molecule has 0 saturated heterocycles. The van der Waals surface area contributed by atoms with Gasteiger partial charge in [0.1, 0.15) is 23.1 Å². The van der Waals surface area contributed by atoms with Crippen molar-refractivity contribution in [2.24, 2.45) is 0 Å². The molecule has 0 unspecified atom stereocenters. The zero-order valence-electron chi connectivity index (χ0n) is 41.5. The fourth-order valence-electron chi connectivity index (χ4n) is 8.18. The van der Waals surface area contributed by atoms with Crippen molar-refractivity contribution in [1.29, 1.82) is 0 Å². The summed E-state index contributed by atoms with van der Waals surface area (Å²) >= 11 is 0. The molecule has 9 aromatic rings. The molecule has 4 heterocycles. The Morgan fingerprint density at radius 2 is 1.33 bits per heavy atom. The number of hydrogen-bond donors (Lipinski definition) is 0. The third-order valence-electron chi connectivity index (χ3n) is 11.9. The van der Waals surface area contributed by atoms with Gasteiger partial charge in [0.2, 0.25) is 0 Å². The normalized spacial score (nSPS) is 13.1. The van der Waals surface area contributed by atoms with Crippen molar-refractivity contribution in [2.75, 3.05) is 0 Å². The summed E-state index contributed by atoms with van der Waals surface area (Å²) in [5.74, 6) is 1.14. The summed E-state index contributed by atoms with van der Waals surface area (Å²) in [4.78, 5) is 13.5. The second kappa shape index (κ2) is 17.6. The number of hydrogen-bond acceptors (Lipinski definition) is 5. The van der Waals surface area contributed by atoms with Gasteiger partial charge >= 0.3 is 0 Å². The Bertz CT molecular complexity index is 3160. The van der Waals surface area contributed by atoms with E-state index in [4.69, 9.17) is 12.9 Å². The minimum atomic E-state index is -2.38. The summed E-state index contributed by atoms with van der Waals surface area (Å²) in [6, 6.07) is 37.1. The van der Waals surface area contributed by atoms with Gasteiger partial charge in [0.15, 0.2) is 0 Å². The molecule has 0 aliphatic carbocycles. The van der Waals surface area contributed by atoms with Crippen LogP contribution in [0.1, 0.15) is 138 Å². The van der Waals surface area contributed by atoms with Gasteiger partial charge in [-0.05, 0) is 92.2 Å². The number of aromatic nitrogens is 3. The molecular formula is C57H59IrN3O2-2. The standard InChI is InChI=1S/C42H43N2O2.C15H16N.Ir/c1-22(2)27-16-29(23(3)4)40(30(17-27)24(5)6)26-12-14-35-31(15-26)32-18-37-33(19-36(32)45-35)39-25(7)11-13-28(41(39)46-37)34-20-38(42(8,9)10)44-21-43-34;1-15(2,3)13-9-10-14(16-11-13)12-7-5-4-6-8-12;/h11-12,14-24H,1-10H3;4-7,9-11H,1-3H3;/q2*-1;/i7D3;;. The van der Waals surface area contributed by atoms with Crippen LogP contribution in [0.2, 0.25) is 0 Å². The van der Waals surface area contributed by atoms with Crippen molar-refractivity contribution >= 4 is 43.9 Å². The molecule has 0 aliphatic heterocycles. The minimum Gasteiger partial charge on any atom is -0.501 e. The van der Waals surface area contributed by atoms with Crippen molar-refractivity contribution in [2.45, 2.75) is 119 Å². The summed E-state index contributed by atoms with van der Waals surface area (Å²) in [5, 5.41) is 3.11. The van der Waals surface area contributed by atoms with E-state index < -0.39 is 6.85 Å². The van der Waals surface area contributed by atoms with Gasteiger partial charge in [0.25, 0.3) is 0 Å². The first kappa shape index (κ1) is 41.6. The van der Waals surface area contributed by atoms with Gasteiger partial charge in [-0.25, -0.2) is 4.98 Å². The summed E-state index contributed by atoms with van der Waals surface area (Å²) < 4.78 is 38.2. The largest absolute Gasteiger partial charge is 0.501 e. The van der Waals surface area contributed by atoms with Gasteiger partial charge in [-0.2, -0.15) is 0 Å². The predicted octanol–water partition coefficient (Wildman–Crippen LogP) is 16.2. The molecule has 0 atom stereocenters.